The van der Waals surface area contributed by atoms with Gasteiger partial charge in [0.25, 0.3) is 0 Å². The predicted octanol–water partition coefficient (Wildman–Crippen LogP) is 3.38. The molecule has 2 aliphatic rings. The Morgan fingerprint density at radius 2 is 1.96 bits per heavy atom. The number of ether oxygens (including phenoxy) is 1. The Balaban J connectivity index is 1.81. The van der Waals surface area contributed by atoms with Gasteiger partial charge in [0.2, 0.25) is 0 Å². The SMILES string of the molecule is CC(C)OC1=CCC(C(C)c2cc(N3CCCC3)ncn2)/C(=N/N)C=C1. The predicted molar refractivity (Wildman–Crippen MR) is 105 cm³/mol. The van der Waals surface area contributed by atoms with Crippen LogP contribution in [0.3, 0.4) is 0 Å². The van der Waals surface area contributed by atoms with Gasteiger partial charge in [-0.15, -0.1) is 0 Å². The second-order valence-corrected chi connectivity index (χ2v) is 7.29. The van der Waals surface area contributed by atoms with Crippen LogP contribution in [-0.4, -0.2) is 34.9 Å². The Bertz CT molecular complexity index is 704. The molecule has 0 saturated carbocycles. The molecule has 2 N–H and O–H groups in total. The van der Waals surface area contributed by atoms with Crippen LogP contribution in [0.4, 0.5) is 5.82 Å². The third kappa shape index (κ3) is 4.23. The summed E-state index contributed by atoms with van der Waals surface area (Å²) in [5.41, 5.74) is 1.90. The quantitative estimate of drug-likeness (QED) is 0.647. The zero-order chi connectivity index (χ0) is 18.5. The lowest BCUT2D eigenvalue weighted by Crippen LogP contribution is -2.22. The highest BCUT2D eigenvalue weighted by molar-refractivity contribution is 5.98. The van der Waals surface area contributed by atoms with Crippen molar-refractivity contribution in [3.05, 3.63) is 42.1 Å². The van der Waals surface area contributed by atoms with E-state index in [0.717, 1.165) is 42.5 Å². The molecule has 0 bridgehead atoms. The smallest absolute Gasteiger partial charge is 0.132 e. The summed E-state index contributed by atoms with van der Waals surface area (Å²) in [6.45, 7) is 8.38. The molecule has 1 aliphatic heterocycles. The van der Waals surface area contributed by atoms with Gasteiger partial charge in [-0.25, -0.2) is 9.97 Å². The van der Waals surface area contributed by atoms with Gasteiger partial charge in [0.1, 0.15) is 17.9 Å². The second kappa shape index (κ2) is 8.34. The molecule has 0 spiro atoms. The fourth-order valence-electron chi connectivity index (χ4n) is 3.62. The third-order valence-electron chi connectivity index (χ3n) is 5.07. The van der Waals surface area contributed by atoms with Crippen molar-refractivity contribution in [1.82, 2.24) is 9.97 Å². The van der Waals surface area contributed by atoms with E-state index in [1.165, 1.54) is 12.8 Å². The average molecular weight is 355 g/mol. The van der Waals surface area contributed by atoms with Crippen LogP contribution < -0.4 is 10.7 Å². The van der Waals surface area contributed by atoms with Crippen molar-refractivity contribution in [2.45, 2.75) is 52.1 Å². The first kappa shape index (κ1) is 18.4. The number of hydrazone groups is 1. The minimum Gasteiger partial charge on any atom is -0.491 e. The Kier molecular flexibility index (Phi) is 5.91. The molecule has 2 unspecified atom stereocenters. The van der Waals surface area contributed by atoms with E-state index in [2.05, 4.69) is 39.0 Å². The molecule has 3 rings (SSSR count). The van der Waals surface area contributed by atoms with Crippen molar-refractivity contribution in [3.8, 4) is 0 Å². The first-order valence-electron chi connectivity index (χ1n) is 9.48. The van der Waals surface area contributed by atoms with Gasteiger partial charge in [-0.1, -0.05) is 6.92 Å². The lowest BCUT2D eigenvalue weighted by molar-refractivity contribution is 0.157. The molecule has 1 saturated heterocycles. The molecule has 0 aromatic carbocycles. The van der Waals surface area contributed by atoms with Crippen molar-refractivity contribution in [1.29, 1.82) is 0 Å². The number of allylic oxidation sites excluding steroid dienone is 3. The Morgan fingerprint density at radius 3 is 2.65 bits per heavy atom. The molecule has 6 heteroatoms. The molecule has 1 aromatic rings. The molecular weight excluding hydrogens is 326 g/mol. The lowest BCUT2D eigenvalue weighted by atomic mass is 9.84. The van der Waals surface area contributed by atoms with E-state index in [9.17, 15) is 0 Å². The van der Waals surface area contributed by atoms with Crippen molar-refractivity contribution in [2.24, 2.45) is 16.9 Å². The van der Waals surface area contributed by atoms with Gasteiger partial charge in [0.15, 0.2) is 0 Å². The number of anilines is 1. The maximum Gasteiger partial charge on any atom is 0.132 e. The number of rotatable bonds is 5. The van der Waals surface area contributed by atoms with Crippen molar-refractivity contribution in [2.75, 3.05) is 18.0 Å². The molecule has 2 atom stereocenters. The molecule has 1 fully saturated rings. The minimum absolute atomic E-state index is 0.142. The van der Waals surface area contributed by atoms with Gasteiger partial charge >= 0.3 is 0 Å². The number of nitrogens with two attached hydrogens (primary N) is 1. The highest BCUT2D eigenvalue weighted by atomic mass is 16.5. The third-order valence-corrected chi connectivity index (χ3v) is 5.07. The van der Waals surface area contributed by atoms with Crippen molar-refractivity contribution < 1.29 is 4.74 Å². The summed E-state index contributed by atoms with van der Waals surface area (Å²) in [5, 5.41) is 4.04. The van der Waals surface area contributed by atoms with Gasteiger partial charge in [-0.2, -0.15) is 5.10 Å². The van der Waals surface area contributed by atoms with Crippen LogP contribution in [0, 0.1) is 5.92 Å². The molecule has 26 heavy (non-hydrogen) atoms. The summed E-state index contributed by atoms with van der Waals surface area (Å²) < 4.78 is 5.83. The van der Waals surface area contributed by atoms with E-state index in [1.54, 1.807) is 6.33 Å². The van der Waals surface area contributed by atoms with Gasteiger partial charge in [0.05, 0.1) is 11.8 Å². The summed E-state index contributed by atoms with van der Waals surface area (Å²) in [5.74, 6) is 7.92. The number of aromatic nitrogens is 2. The van der Waals surface area contributed by atoms with Crippen LogP contribution in [0.5, 0.6) is 0 Å². The van der Waals surface area contributed by atoms with Crippen molar-refractivity contribution in [3.63, 3.8) is 0 Å². The zero-order valence-corrected chi connectivity index (χ0v) is 15.9. The van der Waals surface area contributed by atoms with Crippen LogP contribution >= 0.6 is 0 Å². The van der Waals surface area contributed by atoms with Crippen LogP contribution in [0.25, 0.3) is 0 Å². The summed E-state index contributed by atoms with van der Waals surface area (Å²) >= 11 is 0. The maximum absolute atomic E-state index is 5.83. The monoisotopic (exact) mass is 355 g/mol. The van der Waals surface area contributed by atoms with Crippen LogP contribution in [0.1, 0.15) is 51.6 Å². The second-order valence-electron chi connectivity index (χ2n) is 7.29. The highest BCUT2D eigenvalue weighted by Gasteiger charge is 2.26. The molecule has 1 aromatic heterocycles. The Morgan fingerprint density at radius 1 is 1.19 bits per heavy atom. The highest BCUT2D eigenvalue weighted by Crippen LogP contribution is 2.31. The van der Waals surface area contributed by atoms with E-state index >= 15 is 0 Å². The van der Waals surface area contributed by atoms with Gasteiger partial charge in [-0.3, -0.25) is 0 Å². The molecule has 6 nitrogen and oxygen atoms in total. The molecule has 1 aliphatic carbocycles. The molecule has 0 radical (unpaired) electrons. The first-order chi connectivity index (χ1) is 12.6. The minimum atomic E-state index is 0.142. The molecular formula is C20H29N5O. The van der Waals surface area contributed by atoms with Crippen LogP contribution in [0.2, 0.25) is 0 Å². The molecule has 0 amide bonds. The average Bonchev–Trinajstić information content (AvgIpc) is 3.10. The fourth-order valence-corrected chi connectivity index (χ4v) is 3.62. The summed E-state index contributed by atoms with van der Waals surface area (Å²) in [6, 6.07) is 2.12. The molecule has 2 heterocycles. The summed E-state index contributed by atoms with van der Waals surface area (Å²) in [6.07, 6.45) is 11.1. The van der Waals surface area contributed by atoms with Gasteiger partial charge in [0, 0.05) is 36.7 Å². The first-order valence-corrected chi connectivity index (χ1v) is 9.48. The van der Waals surface area contributed by atoms with E-state index in [0.29, 0.717) is 0 Å². The van der Waals surface area contributed by atoms with E-state index in [4.69, 9.17) is 10.6 Å². The van der Waals surface area contributed by atoms with Gasteiger partial charge < -0.3 is 15.5 Å². The number of hydrogen-bond donors (Lipinski definition) is 1. The van der Waals surface area contributed by atoms with E-state index in [-0.39, 0.29) is 17.9 Å². The molecule has 140 valence electrons. The van der Waals surface area contributed by atoms with E-state index < -0.39 is 0 Å². The van der Waals surface area contributed by atoms with Crippen LogP contribution in [0.15, 0.2) is 41.5 Å². The van der Waals surface area contributed by atoms with Crippen molar-refractivity contribution >= 4 is 11.5 Å². The lowest BCUT2D eigenvalue weighted by Gasteiger charge is -2.23. The number of hydrogen-bond acceptors (Lipinski definition) is 6. The maximum atomic E-state index is 5.83. The summed E-state index contributed by atoms with van der Waals surface area (Å²) in [4.78, 5) is 11.3. The largest absolute Gasteiger partial charge is 0.491 e. The Labute approximate surface area is 155 Å². The summed E-state index contributed by atoms with van der Waals surface area (Å²) in [7, 11) is 0. The normalized spacial score (nSPS) is 23.2. The standard InChI is InChI=1S/C20H29N5O/c1-14(2)26-16-6-8-17(18(24-21)9-7-16)15(3)19-12-20(23-13-22-19)25-10-4-5-11-25/h6-7,9,12-15,17H,4-5,8,10-11,21H2,1-3H3/b24-18+. The zero-order valence-electron chi connectivity index (χ0n) is 15.9. The fraction of sp³-hybridized carbons (Fsp3) is 0.550. The number of nitrogens with zero attached hydrogens (tertiary/aromatic N) is 4. The van der Waals surface area contributed by atoms with E-state index in [1.807, 2.05) is 26.0 Å². The van der Waals surface area contributed by atoms with Gasteiger partial charge in [-0.05, 0) is 51.3 Å². The van der Waals surface area contributed by atoms with Crippen LogP contribution in [-0.2, 0) is 4.74 Å². The topological polar surface area (TPSA) is 76.6 Å². The Hall–Kier alpha value is -2.37.